The number of benzene rings is 1. The second-order valence-corrected chi connectivity index (χ2v) is 6.12. The Bertz CT molecular complexity index is 495. The molecule has 0 aliphatic rings. The van der Waals surface area contributed by atoms with Crippen molar-refractivity contribution in [3.8, 4) is 0 Å². The topological polar surface area (TPSA) is 63.3 Å². The zero-order valence-corrected chi connectivity index (χ0v) is 12.8. The Balaban J connectivity index is 2.43. The van der Waals surface area contributed by atoms with Crippen LogP contribution in [0.15, 0.2) is 24.3 Å². The predicted molar refractivity (Wildman–Crippen MR) is 78.4 cm³/mol. The average molecular weight is 317 g/mol. The Labute approximate surface area is 128 Å². The molecule has 22 heavy (non-hydrogen) atoms. The molecule has 0 bridgehead atoms. The lowest BCUT2D eigenvalue weighted by molar-refractivity contribution is -0.143. The van der Waals surface area contributed by atoms with E-state index in [9.17, 15) is 18.0 Å². The van der Waals surface area contributed by atoms with Crippen LogP contribution in [0, 0.1) is 5.92 Å². The molecule has 1 aromatic carbocycles. The van der Waals surface area contributed by atoms with Crippen molar-refractivity contribution in [1.29, 1.82) is 0 Å². The van der Waals surface area contributed by atoms with Gasteiger partial charge in [-0.15, -0.1) is 0 Å². The molecule has 0 unspecified atom stereocenters. The first-order valence-corrected chi connectivity index (χ1v) is 7.21. The van der Waals surface area contributed by atoms with Crippen LogP contribution in [0.25, 0.3) is 0 Å². The molecule has 0 aliphatic carbocycles. The van der Waals surface area contributed by atoms with Crippen molar-refractivity contribution < 1.29 is 23.1 Å². The zero-order chi connectivity index (χ0) is 17.0. The molecule has 0 aliphatic heterocycles. The minimum Gasteiger partial charge on any atom is -0.480 e. The van der Waals surface area contributed by atoms with E-state index >= 15 is 0 Å². The molecular weight excluding hydrogens is 295 g/mol. The molecule has 0 amide bonds. The van der Waals surface area contributed by atoms with Crippen molar-refractivity contribution in [2.75, 3.05) is 0 Å². The number of carboxylic acid groups (broad SMARTS) is 1. The molecule has 0 radical (unpaired) electrons. The van der Waals surface area contributed by atoms with Gasteiger partial charge in [0.15, 0.2) is 0 Å². The Morgan fingerprint density at radius 2 is 1.82 bits per heavy atom. The SMILES string of the molecule is C[C@H](CCCc1ccc(C(F)(F)F)cc1)C[C@@](C)(N)C(=O)O. The van der Waals surface area contributed by atoms with Crippen molar-refractivity contribution in [3.63, 3.8) is 0 Å². The van der Waals surface area contributed by atoms with Crippen LogP contribution in [0.3, 0.4) is 0 Å². The maximum Gasteiger partial charge on any atom is 0.416 e. The molecule has 1 rings (SSSR count). The summed E-state index contributed by atoms with van der Waals surface area (Å²) in [5.41, 5.74) is 4.65. The smallest absolute Gasteiger partial charge is 0.416 e. The number of carboxylic acids is 1. The van der Waals surface area contributed by atoms with Crippen LogP contribution in [-0.4, -0.2) is 16.6 Å². The largest absolute Gasteiger partial charge is 0.480 e. The van der Waals surface area contributed by atoms with Crippen LogP contribution in [0.5, 0.6) is 0 Å². The van der Waals surface area contributed by atoms with Crippen LogP contribution < -0.4 is 5.73 Å². The lowest BCUT2D eigenvalue weighted by Gasteiger charge is -2.23. The van der Waals surface area contributed by atoms with Crippen molar-refractivity contribution in [2.24, 2.45) is 11.7 Å². The lowest BCUT2D eigenvalue weighted by atomic mass is 9.87. The number of hydrogen-bond acceptors (Lipinski definition) is 2. The Morgan fingerprint density at radius 3 is 2.27 bits per heavy atom. The number of carbonyl (C=O) groups is 1. The third-order valence-electron chi connectivity index (χ3n) is 3.70. The van der Waals surface area contributed by atoms with E-state index in [0.29, 0.717) is 12.8 Å². The molecular formula is C16H22F3NO2. The van der Waals surface area contributed by atoms with Gasteiger partial charge in [-0.3, -0.25) is 4.79 Å². The third kappa shape index (κ3) is 5.67. The van der Waals surface area contributed by atoms with E-state index in [1.54, 1.807) is 0 Å². The summed E-state index contributed by atoms with van der Waals surface area (Å²) >= 11 is 0. The van der Waals surface area contributed by atoms with Gasteiger partial charge in [-0.05, 0) is 49.8 Å². The quantitative estimate of drug-likeness (QED) is 0.803. The molecule has 0 aromatic heterocycles. The van der Waals surface area contributed by atoms with Gasteiger partial charge in [0.2, 0.25) is 0 Å². The second-order valence-electron chi connectivity index (χ2n) is 6.12. The summed E-state index contributed by atoms with van der Waals surface area (Å²) < 4.78 is 37.3. The van der Waals surface area contributed by atoms with Gasteiger partial charge in [-0.25, -0.2) is 0 Å². The van der Waals surface area contributed by atoms with Gasteiger partial charge in [0.05, 0.1) is 5.56 Å². The van der Waals surface area contributed by atoms with Gasteiger partial charge in [0.25, 0.3) is 0 Å². The average Bonchev–Trinajstić information content (AvgIpc) is 2.37. The Morgan fingerprint density at radius 1 is 1.27 bits per heavy atom. The van der Waals surface area contributed by atoms with Crippen molar-refractivity contribution in [1.82, 2.24) is 0 Å². The van der Waals surface area contributed by atoms with Crippen LogP contribution in [0.2, 0.25) is 0 Å². The number of aryl methyl sites for hydroxylation is 1. The molecule has 124 valence electrons. The molecule has 0 heterocycles. The van der Waals surface area contributed by atoms with Crippen molar-refractivity contribution in [3.05, 3.63) is 35.4 Å². The van der Waals surface area contributed by atoms with Crippen LogP contribution >= 0.6 is 0 Å². The summed E-state index contributed by atoms with van der Waals surface area (Å²) in [5, 5.41) is 8.97. The number of nitrogens with two attached hydrogens (primary N) is 1. The number of hydrogen-bond donors (Lipinski definition) is 2. The molecule has 3 nitrogen and oxygen atoms in total. The van der Waals surface area contributed by atoms with E-state index < -0.39 is 23.2 Å². The highest BCUT2D eigenvalue weighted by atomic mass is 19.4. The summed E-state index contributed by atoms with van der Waals surface area (Å²) in [6.45, 7) is 3.42. The number of halogens is 3. The number of alkyl halides is 3. The maximum absolute atomic E-state index is 12.4. The molecule has 0 spiro atoms. The Kier molecular flexibility index (Phi) is 6.00. The molecule has 0 saturated carbocycles. The fourth-order valence-electron chi connectivity index (χ4n) is 2.43. The highest BCUT2D eigenvalue weighted by Crippen LogP contribution is 2.29. The fourth-order valence-corrected chi connectivity index (χ4v) is 2.43. The van der Waals surface area contributed by atoms with Crippen LogP contribution in [0.1, 0.15) is 44.2 Å². The van der Waals surface area contributed by atoms with Gasteiger partial charge in [0.1, 0.15) is 5.54 Å². The summed E-state index contributed by atoms with van der Waals surface area (Å²) in [6, 6.07) is 5.13. The fraction of sp³-hybridized carbons (Fsp3) is 0.562. The first kappa shape index (κ1) is 18.5. The molecule has 0 saturated heterocycles. The van der Waals surface area contributed by atoms with E-state index in [2.05, 4.69) is 0 Å². The molecule has 0 fully saturated rings. The van der Waals surface area contributed by atoms with Gasteiger partial charge >= 0.3 is 12.1 Å². The van der Waals surface area contributed by atoms with Crippen molar-refractivity contribution in [2.45, 2.75) is 51.2 Å². The number of aliphatic carboxylic acids is 1. The van der Waals surface area contributed by atoms with E-state index in [0.717, 1.165) is 30.5 Å². The minimum atomic E-state index is -4.31. The van der Waals surface area contributed by atoms with Gasteiger partial charge < -0.3 is 10.8 Å². The van der Waals surface area contributed by atoms with E-state index in [1.165, 1.54) is 19.1 Å². The predicted octanol–water partition coefficient (Wildman–Crippen LogP) is 3.86. The molecule has 2 atom stereocenters. The zero-order valence-electron chi connectivity index (χ0n) is 12.8. The highest BCUT2D eigenvalue weighted by molar-refractivity contribution is 5.77. The van der Waals surface area contributed by atoms with E-state index in [4.69, 9.17) is 10.8 Å². The normalized spacial score (nSPS) is 16.1. The van der Waals surface area contributed by atoms with Crippen LogP contribution in [-0.2, 0) is 17.4 Å². The van der Waals surface area contributed by atoms with Gasteiger partial charge in [-0.1, -0.05) is 25.5 Å². The maximum atomic E-state index is 12.4. The standard InChI is InChI=1S/C16H22F3NO2/c1-11(10-15(2,20)14(21)22)4-3-5-12-6-8-13(9-7-12)16(17,18)19/h6-9,11H,3-5,10,20H2,1-2H3,(H,21,22)/t11-,15-/m1/s1. The monoisotopic (exact) mass is 317 g/mol. The minimum absolute atomic E-state index is 0.139. The first-order chi connectivity index (χ1) is 10.0. The summed E-state index contributed by atoms with van der Waals surface area (Å²) in [7, 11) is 0. The van der Waals surface area contributed by atoms with E-state index in [-0.39, 0.29) is 5.92 Å². The highest BCUT2D eigenvalue weighted by Gasteiger charge is 2.30. The van der Waals surface area contributed by atoms with Crippen LogP contribution in [0.4, 0.5) is 13.2 Å². The first-order valence-electron chi connectivity index (χ1n) is 7.21. The summed E-state index contributed by atoms with van der Waals surface area (Å²) in [6.07, 6.45) is -1.72. The number of rotatable bonds is 7. The molecule has 3 N–H and O–H groups in total. The lowest BCUT2D eigenvalue weighted by Crippen LogP contribution is -2.46. The third-order valence-corrected chi connectivity index (χ3v) is 3.70. The molecule has 1 aromatic rings. The second kappa shape index (κ2) is 7.13. The van der Waals surface area contributed by atoms with Gasteiger partial charge in [-0.2, -0.15) is 13.2 Å². The van der Waals surface area contributed by atoms with E-state index in [1.807, 2.05) is 6.92 Å². The summed E-state index contributed by atoms with van der Waals surface area (Å²) in [4.78, 5) is 10.9. The Hall–Kier alpha value is -1.56. The van der Waals surface area contributed by atoms with Crippen molar-refractivity contribution >= 4 is 5.97 Å². The summed E-state index contributed by atoms with van der Waals surface area (Å²) in [5.74, 6) is -0.886. The van der Waals surface area contributed by atoms with Gasteiger partial charge in [0, 0.05) is 0 Å². The molecule has 6 heteroatoms.